The van der Waals surface area contributed by atoms with Crippen LogP contribution in [0.25, 0.3) is 0 Å². The first kappa shape index (κ1) is 7.72. The zero-order valence-electron chi connectivity index (χ0n) is 6.28. The van der Waals surface area contributed by atoms with Gasteiger partial charge in [-0.3, -0.25) is 9.59 Å². The van der Waals surface area contributed by atoms with Crippen LogP contribution in [0.3, 0.4) is 0 Å². The van der Waals surface area contributed by atoms with Crippen molar-refractivity contribution in [2.24, 2.45) is 0 Å². The highest BCUT2D eigenvalue weighted by Gasteiger charge is 2.14. The summed E-state index contributed by atoms with van der Waals surface area (Å²) in [6.45, 7) is 0.600. The van der Waals surface area contributed by atoms with Gasteiger partial charge in [-0.05, 0) is 11.6 Å². The third-order valence-corrected chi connectivity index (χ3v) is 1.49. The molecule has 1 heterocycles. The Bertz CT molecular complexity index is 240. The molecule has 11 heavy (non-hydrogen) atoms. The van der Waals surface area contributed by atoms with Crippen LogP contribution in [-0.2, 0) is 9.59 Å². The summed E-state index contributed by atoms with van der Waals surface area (Å²) in [7, 11) is 1.72. The minimum Gasteiger partial charge on any atom is -0.338 e. The van der Waals surface area contributed by atoms with Crippen molar-refractivity contribution in [3.8, 4) is 0 Å². The quantitative estimate of drug-likeness (QED) is 0.416. The highest BCUT2D eigenvalue weighted by atomic mass is 16.2. The van der Waals surface area contributed by atoms with Gasteiger partial charge in [0.05, 0.1) is 0 Å². The lowest BCUT2D eigenvalue weighted by atomic mass is 10.2. The lowest BCUT2D eigenvalue weighted by Gasteiger charge is -2.05. The predicted octanol–water partition coefficient (Wildman–Crippen LogP) is 0.140. The van der Waals surface area contributed by atoms with Gasteiger partial charge in [0.1, 0.15) is 6.29 Å². The van der Waals surface area contributed by atoms with E-state index in [9.17, 15) is 9.59 Å². The summed E-state index contributed by atoms with van der Waals surface area (Å²) in [6, 6.07) is 0. The molecule has 0 unspecified atom stereocenters. The molecule has 1 rings (SSSR count). The lowest BCUT2D eigenvalue weighted by Crippen LogP contribution is -2.19. The Hall–Kier alpha value is -1.38. The Labute approximate surface area is 65.0 Å². The van der Waals surface area contributed by atoms with E-state index in [4.69, 9.17) is 0 Å². The van der Waals surface area contributed by atoms with Crippen LogP contribution in [0.5, 0.6) is 0 Å². The molecule has 0 radical (unpaired) electrons. The average molecular weight is 151 g/mol. The zero-order chi connectivity index (χ0) is 8.27. The summed E-state index contributed by atoms with van der Waals surface area (Å²) in [5.41, 5.74) is 0.879. The number of allylic oxidation sites excluding steroid dienone is 1. The fraction of sp³-hybridized carbons (Fsp3) is 0.250. The number of likely N-dealkylation sites (N-methyl/N-ethyl adjacent to an activating group) is 1. The number of carbonyl (C=O) groups is 2. The van der Waals surface area contributed by atoms with E-state index in [2.05, 4.69) is 0 Å². The number of amides is 1. The second kappa shape index (κ2) is 3.14. The number of hydrogen-bond donors (Lipinski definition) is 0. The fourth-order valence-electron chi connectivity index (χ4n) is 0.930. The van der Waals surface area contributed by atoms with Gasteiger partial charge in [-0.1, -0.05) is 6.08 Å². The molecular weight excluding hydrogens is 142 g/mol. The summed E-state index contributed by atoms with van der Waals surface area (Å²) >= 11 is 0. The van der Waals surface area contributed by atoms with Crippen molar-refractivity contribution in [3.05, 3.63) is 23.8 Å². The van der Waals surface area contributed by atoms with Gasteiger partial charge in [0.2, 0.25) is 5.91 Å². The Balaban J connectivity index is 2.63. The molecule has 0 saturated heterocycles. The van der Waals surface area contributed by atoms with E-state index in [-0.39, 0.29) is 5.91 Å². The Kier molecular flexibility index (Phi) is 2.21. The summed E-state index contributed by atoms with van der Waals surface area (Å²) in [5.74, 6) is -0.00412. The molecule has 58 valence electrons. The smallest absolute Gasteiger partial charge is 0.246 e. The molecule has 0 aromatic carbocycles. The van der Waals surface area contributed by atoms with E-state index in [1.54, 1.807) is 18.0 Å². The largest absolute Gasteiger partial charge is 0.338 e. The molecule has 0 saturated carbocycles. The average Bonchev–Trinajstić information content (AvgIpc) is 2.28. The molecule has 1 aliphatic heterocycles. The molecule has 0 aromatic heterocycles. The van der Waals surface area contributed by atoms with Crippen molar-refractivity contribution >= 4 is 12.2 Å². The second-order valence-corrected chi connectivity index (χ2v) is 2.41. The molecule has 1 amide bonds. The van der Waals surface area contributed by atoms with Crippen LogP contribution >= 0.6 is 0 Å². The van der Waals surface area contributed by atoms with Crippen LogP contribution in [0.1, 0.15) is 0 Å². The van der Waals surface area contributed by atoms with Gasteiger partial charge >= 0.3 is 0 Å². The van der Waals surface area contributed by atoms with Crippen LogP contribution < -0.4 is 0 Å². The molecule has 0 spiro atoms. The molecule has 3 heteroatoms. The van der Waals surface area contributed by atoms with Gasteiger partial charge in [-0.2, -0.15) is 0 Å². The zero-order valence-corrected chi connectivity index (χ0v) is 6.28. The topological polar surface area (TPSA) is 37.4 Å². The van der Waals surface area contributed by atoms with Crippen molar-refractivity contribution in [2.75, 3.05) is 13.6 Å². The number of rotatable bonds is 2. The van der Waals surface area contributed by atoms with Crippen LogP contribution in [0.2, 0.25) is 0 Å². The van der Waals surface area contributed by atoms with Gasteiger partial charge in [-0.25, -0.2) is 0 Å². The Morgan fingerprint density at radius 3 is 2.82 bits per heavy atom. The van der Waals surface area contributed by atoms with Crippen LogP contribution in [0.4, 0.5) is 0 Å². The molecule has 0 N–H and O–H groups in total. The molecular formula is C8H9NO2. The van der Waals surface area contributed by atoms with E-state index in [0.29, 0.717) is 12.8 Å². The van der Waals surface area contributed by atoms with Crippen LogP contribution in [0.15, 0.2) is 23.8 Å². The maximum atomic E-state index is 10.9. The normalized spacial score (nSPS) is 17.7. The first-order chi connectivity index (χ1) is 5.24. The van der Waals surface area contributed by atoms with Crippen molar-refractivity contribution in [1.82, 2.24) is 4.90 Å². The lowest BCUT2D eigenvalue weighted by molar-refractivity contribution is -0.123. The highest BCUT2D eigenvalue weighted by Crippen LogP contribution is 2.08. The van der Waals surface area contributed by atoms with Gasteiger partial charge in [0, 0.05) is 19.7 Å². The van der Waals surface area contributed by atoms with E-state index in [1.165, 1.54) is 12.2 Å². The van der Waals surface area contributed by atoms with E-state index >= 15 is 0 Å². The maximum absolute atomic E-state index is 10.9. The molecule has 3 nitrogen and oxygen atoms in total. The van der Waals surface area contributed by atoms with Crippen molar-refractivity contribution in [2.45, 2.75) is 0 Å². The highest BCUT2D eigenvalue weighted by molar-refractivity contribution is 5.91. The fourth-order valence-corrected chi connectivity index (χ4v) is 0.930. The minimum atomic E-state index is -0.00412. The van der Waals surface area contributed by atoms with Crippen LogP contribution in [-0.4, -0.2) is 30.7 Å². The molecule has 0 fully saturated rings. The summed E-state index contributed by atoms with van der Waals surface area (Å²) in [6.07, 6.45) is 5.26. The number of carbonyl (C=O) groups excluding carboxylic acids is 2. The molecule has 0 aliphatic carbocycles. The van der Waals surface area contributed by atoms with E-state index in [1.807, 2.05) is 0 Å². The Morgan fingerprint density at radius 1 is 1.64 bits per heavy atom. The standard InChI is InChI=1S/C8H9NO2/c1-9-6-7(3-2-4-10)5-8(9)11/h2-5H,6H2,1H3/b3-2+. The van der Waals surface area contributed by atoms with Gasteiger partial charge in [0.25, 0.3) is 0 Å². The first-order valence-electron chi connectivity index (χ1n) is 3.31. The van der Waals surface area contributed by atoms with E-state index in [0.717, 1.165) is 5.57 Å². The second-order valence-electron chi connectivity index (χ2n) is 2.41. The Morgan fingerprint density at radius 2 is 2.36 bits per heavy atom. The minimum absolute atomic E-state index is 0.00412. The SMILES string of the molecule is CN1CC(/C=C/C=O)=CC1=O. The van der Waals surface area contributed by atoms with Crippen LogP contribution in [0, 0.1) is 0 Å². The van der Waals surface area contributed by atoms with Crippen molar-refractivity contribution in [3.63, 3.8) is 0 Å². The monoisotopic (exact) mass is 151 g/mol. The van der Waals surface area contributed by atoms with Gasteiger partial charge < -0.3 is 4.90 Å². The van der Waals surface area contributed by atoms with E-state index < -0.39 is 0 Å². The van der Waals surface area contributed by atoms with Crippen molar-refractivity contribution in [1.29, 1.82) is 0 Å². The van der Waals surface area contributed by atoms with Gasteiger partial charge in [0.15, 0.2) is 0 Å². The molecule has 0 atom stereocenters. The third-order valence-electron chi connectivity index (χ3n) is 1.49. The summed E-state index contributed by atoms with van der Waals surface area (Å²) in [4.78, 5) is 22.4. The predicted molar refractivity (Wildman–Crippen MR) is 40.9 cm³/mol. The number of hydrogen-bond acceptors (Lipinski definition) is 2. The van der Waals surface area contributed by atoms with Crippen molar-refractivity contribution < 1.29 is 9.59 Å². The molecule has 1 aliphatic rings. The molecule has 0 aromatic rings. The number of nitrogens with zero attached hydrogens (tertiary/aromatic N) is 1. The summed E-state index contributed by atoms with van der Waals surface area (Å²) < 4.78 is 0. The third kappa shape index (κ3) is 1.77. The maximum Gasteiger partial charge on any atom is 0.246 e. The van der Waals surface area contributed by atoms with Gasteiger partial charge in [-0.15, -0.1) is 0 Å². The first-order valence-corrected chi connectivity index (χ1v) is 3.31. The molecule has 0 bridgehead atoms. The number of aldehydes is 1. The summed E-state index contributed by atoms with van der Waals surface area (Å²) in [5, 5.41) is 0.